The molecule has 1 unspecified atom stereocenters. The maximum absolute atomic E-state index is 11.6. The third kappa shape index (κ3) is 1.93. The van der Waals surface area contributed by atoms with E-state index in [9.17, 15) is 9.59 Å². The molecule has 0 spiro atoms. The lowest BCUT2D eigenvalue weighted by Gasteiger charge is -2.24. The summed E-state index contributed by atoms with van der Waals surface area (Å²) in [5.74, 6) is 0.786. The van der Waals surface area contributed by atoms with Crippen LogP contribution in [0.3, 0.4) is 0 Å². The Morgan fingerprint density at radius 2 is 2.13 bits per heavy atom. The standard InChI is InChI=1S/C11H13NO3/c1-15-10(14)11(8-12,6-7-13)9-4-2-3-5-9/h6,9H,2-5H2,1H3. The lowest BCUT2D eigenvalue weighted by Crippen LogP contribution is -2.35. The molecule has 15 heavy (non-hydrogen) atoms. The Bertz CT molecular complexity index is 332. The Balaban J connectivity index is 3.08. The van der Waals surface area contributed by atoms with Crippen molar-refractivity contribution in [1.29, 1.82) is 5.26 Å². The maximum atomic E-state index is 11.6. The predicted molar refractivity (Wildman–Crippen MR) is 52.3 cm³/mol. The van der Waals surface area contributed by atoms with Gasteiger partial charge in [-0.2, -0.15) is 5.26 Å². The van der Waals surface area contributed by atoms with Crippen molar-refractivity contribution < 1.29 is 14.3 Å². The van der Waals surface area contributed by atoms with Crippen LogP contribution in [0.2, 0.25) is 0 Å². The lowest BCUT2D eigenvalue weighted by molar-refractivity contribution is -0.149. The molecule has 0 aromatic heterocycles. The van der Waals surface area contributed by atoms with Gasteiger partial charge >= 0.3 is 5.97 Å². The number of methoxy groups -OCH3 is 1. The molecule has 1 fully saturated rings. The fraction of sp³-hybridized carbons (Fsp3) is 0.636. The molecule has 0 bridgehead atoms. The fourth-order valence-electron chi connectivity index (χ4n) is 2.16. The highest BCUT2D eigenvalue weighted by atomic mass is 16.5. The first kappa shape index (κ1) is 11.5. The smallest absolute Gasteiger partial charge is 0.331 e. The average Bonchev–Trinajstić information content (AvgIpc) is 2.78. The van der Waals surface area contributed by atoms with E-state index in [0.717, 1.165) is 31.8 Å². The van der Waals surface area contributed by atoms with Gasteiger partial charge < -0.3 is 4.74 Å². The van der Waals surface area contributed by atoms with Crippen molar-refractivity contribution >= 4 is 11.9 Å². The van der Waals surface area contributed by atoms with E-state index in [2.05, 4.69) is 4.74 Å². The Hall–Kier alpha value is -1.59. The SMILES string of the molecule is COC(=O)C(C#N)(C=C=O)C1CCCC1. The van der Waals surface area contributed by atoms with Crippen molar-refractivity contribution in [1.82, 2.24) is 0 Å². The number of nitriles is 1. The van der Waals surface area contributed by atoms with E-state index in [-0.39, 0.29) is 5.92 Å². The van der Waals surface area contributed by atoms with Crippen LogP contribution in [0.4, 0.5) is 0 Å². The summed E-state index contributed by atoms with van der Waals surface area (Å²) in [4.78, 5) is 22.0. The van der Waals surface area contributed by atoms with E-state index >= 15 is 0 Å². The molecule has 1 saturated carbocycles. The summed E-state index contributed by atoms with van der Waals surface area (Å²) in [7, 11) is 1.22. The summed E-state index contributed by atoms with van der Waals surface area (Å²) < 4.78 is 4.60. The zero-order chi connectivity index (χ0) is 11.3. The number of esters is 1. The zero-order valence-corrected chi connectivity index (χ0v) is 8.66. The monoisotopic (exact) mass is 207 g/mol. The number of hydrogen-bond acceptors (Lipinski definition) is 4. The molecule has 1 atom stereocenters. The van der Waals surface area contributed by atoms with E-state index in [1.54, 1.807) is 5.94 Å². The van der Waals surface area contributed by atoms with Crippen molar-refractivity contribution in [2.45, 2.75) is 25.7 Å². The van der Waals surface area contributed by atoms with E-state index in [0.29, 0.717) is 0 Å². The molecule has 0 aliphatic heterocycles. The summed E-state index contributed by atoms with van der Waals surface area (Å²) in [5, 5.41) is 9.11. The van der Waals surface area contributed by atoms with Gasteiger partial charge in [-0.05, 0) is 18.8 Å². The summed E-state index contributed by atoms with van der Waals surface area (Å²) >= 11 is 0. The molecule has 0 radical (unpaired) electrons. The molecular formula is C11H13NO3. The molecule has 0 N–H and O–H groups in total. The molecule has 1 rings (SSSR count). The van der Waals surface area contributed by atoms with Crippen LogP contribution in [0.1, 0.15) is 25.7 Å². The van der Waals surface area contributed by atoms with Gasteiger partial charge in [0.25, 0.3) is 0 Å². The number of carbonyl (C=O) groups excluding carboxylic acids is 2. The van der Waals surface area contributed by atoms with Gasteiger partial charge in [0, 0.05) is 6.08 Å². The number of hydrogen-bond donors (Lipinski definition) is 0. The normalized spacial score (nSPS) is 19.7. The average molecular weight is 207 g/mol. The van der Waals surface area contributed by atoms with Crippen LogP contribution in [0.15, 0.2) is 6.08 Å². The Morgan fingerprint density at radius 1 is 1.53 bits per heavy atom. The molecule has 0 aromatic carbocycles. The third-order valence-electron chi connectivity index (χ3n) is 2.99. The van der Waals surface area contributed by atoms with E-state index in [1.807, 2.05) is 6.07 Å². The zero-order valence-electron chi connectivity index (χ0n) is 8.66. The van der Waals surface area contributed by atoms with Gasteiger partial charge in [0.05, 0.1) is 13.2 Å². The first-order valence-electron chi connectivity index (χ1n) is 4.93. The van der Waals surface area contributed by atoms with Crippen molar-refractivity contribution in [3.63, 3.8) is 0 Å². The first-order valence-corrected chi connectivity index (χ1v) is 4.93. The van der Waals surface area contributed by atoms with Crippen LogP contribution in [0, 0.1) is 22.7 Å². The first-order chi connectivity index (χ1) is 7.21. The van der Waals surface area contributed by atoms with Gasteiger partial charge in [-0.25, -0.2) is 9.59 Å². The van der Waals surface area contributed by atoms with E-state index < -0.39 is 11.4 Å². The van der Waals surface area contributed by atoms with Crippen molar-refractivity contribution in [2.24, 2.45) is 11.3 Å². The third-order valence-corrected chi connectivity index (χ3v) is 2.99. The lowest BCUT2D eigenvalue weighted by atomic mass is 9.75. The maximum Gasteiger partial charge on any atom is 0.331 e. The molecule has 0 saturated heterocycles. The second kappa shape index (κ2) is 4.77. The van der Waals surface area contributed by atoms with Gasteiger partial charge in [-0.3, -0.25) is 0 Å². The summed E-state index contributed by atoms with van der Waals surface area (Å²) in [6, 6.07) is 1.92. The van der Waals surface area contributed by atoms with Crippen molar-refractivity contribution in [3.05, 3.63) is 6.08 Å². The van der Waals surface area contributed by atoms with Crippen LogP contribution in [0.25, 0.3) is 0 Å². The van der Waals surface area contributed by atoms with Crippen LogP contribution in [-0.2, 0) is 14.3 Å². The number of rotatable bonds is 3. The highest BCUT2D eigenvalue weighted by Gasteiger charge is 2.46. The number of ether oxygens (including phenoxy) is 1. The Morgan fingerprint density at radius 3 is 2.53 bits per heavy atom. The molecule has 1 aliphatic rings. The molecule has 80 valence electrons. The minimum atomic E-state index is -1.42. The molecule has 4 nitrogen and oxygen atoms in total. The predicted octanol–water partition coefficient (Wildman–Crippen LogP) is 1.25. The molecule has 4 heteroatoms. The summed E-state index contributed by atoms with van der Waals surface area (Å²) in [6.45, 7) is 0. The minimum Gasteiger partial charge on any atom is -0.468 e. The van der Waals surface area contributed by atoms with Gasteiger partial charge in [0.15, 0.2) is 5.41 Å². The number of nitrogens with zero attached hydrogens (tertiary/aromatic N) is 1. The molecule has 0 aromatic rings. The van der Waals surface area contributed by atoms with Gasteiger partial charge in [-0.1, -0.05) is 12.8 Å². The van der Waals surface area contributed by atoms with Crippen LogP contribution < -0.4 is 0 Å². The van der Waals surface area contributed by atoms with Crippen molar-refractivity contribution in [2.75, 3.05) is 7.11 Å². The van der Waals surface area contributed by atoms with Gasteiger partial charge in [0.2, 0.25) is 0 Å². The van der Waals surface area contributed by atoms with Crippen LogP contribution >= 0.6 is 0 Å². The molecule has 1 aliphatic carbocycles. The second-order valence-corrected chi connectivity index (χ2v) is 3.72. The number of carbonyl (C=O) groups is 1. The quantitative estimate of drug-likeness (QED) is 0.516. The van der Waals surface area contributed by atoms with E-state index in [4.69, 9.17) is 5.26 Å². The fourth-order valence-corrected chi connectivity index (χ4v) is 2.16. The highest BCUT2D eigenvalue weighted by molar-refractivity contribution is 5.85. The molecular weight excluding hydrogens is 194 g/mol. The molecule has 0 heterocycles. The summed E-state index contributed by atoms with van der Waals surface area (Å²) in [6.07, 6.45) is 4.53. The summed E-state index contributed by atoms with van der Waals surface area (Å²) in [5.41, 5.74) is -1.42. The topological polar surface area (TPSA) is 67.2 Å². The van der Waals surface area contributed by atoms with Gasteiger partial charge in [-0.15, -0.1) is 0 Å². The van der Waals surface area contributed by atoms with E-state index in [1.165, 1.54) is 7.11 Å². The second-order valence-electron chi connectivity index (χ2n) is 3.72. The Labute approximate surface area is 88.5 Å². The highest BCUT2D eigenvalue weighted by Crippen LogP contribution is 2.41. The van der Waals surface area contributed by atoms with Crippen LogP contribution in [0.5, 0.6) is 0 Å². The van der Waals surface area contributed by atoms with Crippen molar-refractivity contribution in [3.8, 4) is 6.07 Å². The Kier molecular flexibility index (Phi) is 3.65. The largest absolute Gasteiger partial charge is 0.468 e. The minimum absolute atomic E-state index is 0.114. The molecule has 0 amide bonds. The van der Waals surface area contributed by atoms with Crippen LogP contribution in [-0.4, -0.2) is 19.0 Å². The van der Waals surface area contributed by atoms with Gasteiger partial charge in [0.1, 0.15) is 5.94 Å².